The molecule has 0 radical (unpaired) electrons. The second-order valence-electron chi connectivity index (χ2n) is 7.39. The summed E-state index contributed by atoms with van der Waals surface area (Å²) in [7, 11) is 0. The normalized spacial score (nSPS) is 21.0. The summed E-state index contributed by atoms with van der Waals surface area (Å²) in [5, 5.41) is 3.38. The molecule has 1 aromatic rings. The summed E-state index contributed by atoms with van der Waals surface area (Å²) in [5.74, 6) is 1.17. The van der Waals surface area contributed by atoms with Gasteiger partial charge in [-0.05, 0) is 38.5 Å². The van der Waals surface area contributed by atoms with Gasteiger partial charge in [-0.2, -0.15) is 0 Å². The Morgan fingerprint density at radius 2 is 1.96 bits per heavy atom. The van der Waals surface area contributed by atoms with Crippen molar-refractivity contribution in [1.29, 1.82) is 0 Å². The summed E-state index contributed by atoms with van der Waals surface area (Å²) in [4.78, 5) is 36.6. The summed E-state index contributed by atoms with van der Waals surface area (Å²) in [6.45, 7) is 7.27. The van der Waals surface area contributed by atoms with Crippen molar-refractivity contribution in [3.05, 3.63) is 18.1 Å². The predicted molar refractivity (Wildman–Crippen MR) is 102 cm³/mol. The summed E-state index contributed by atoms with van der Waals surface area (Å²) in [5.41, 5.74) is 0.436. The van der Waals surface area contributed by atoms with Gasteiger partial charge >= 0.3 is 6.09 Å². The fraction of sp³-hybridized carbons (Fsp3) is 0.684. The second-order valence-corrected chi connectivity index (χ2v) is 7.39. The van der Waals surface area contributed by atoms with Crippen LogP contribution in [0.4, 0.5) is 10.6 Å². The number of rotatable bonds is 4. The van der Waals surface area contributed by atoms with Crippen LogP contribution in [0.15, 0.2) is 12.4 Å². The van der Waals surface area contributed by atoms with Crippen molar-refractivity contribution in [2.75, 3.05) is 38.1 Å². The minimum Gasteiger partial charge on any atom is -0.450 e. The van der Waals surface area contributed by atoms with Crippen LogP contribution in [-0.2, 0) is 4.74 Å². The van der Waals surface area contributed by atoms with E-state index in [1.165, 1.54) is 12.7 Å². The Balaban J connectivity index is 1.55. The first kappa shape index (κ1) is 19.4. The van der Waals surface area contributed by atoms with Crippen molar-refractivity contribution in [3.63, 3.8) is 0 Å². The van der Waals surface area contributed by atoms with Crippen molar-refractivity contribution in [3.8, 4) is 0 Å². The molecule has 8 nitrogen and oxygen atoms in total. The van der Waals surface area contributed by atoms with Crippen molar-refractivity contribution in [2.24, 2.45) is 5.92 Å². The highest BCUT2D eigenvalue weighted by atomic mass is 16.6. The second kappa shape index (κ2) is 9.01. The Morgan fingerprint density at radius 1 is 1.19 bits per heavy atom. The molecule has 1 unspecified atom stereocenters. The van der Waals surface area contributed by atoms with Gasteiger partial charge in [-0.15, -0.1) is 0 Å². The minimum atomic E-state index is -0.248. The maximum Gasteiger partial charge on any atom is 0.409 e. The van der Waals surface area contributed by atoms with Crippen molar-refractivity contribution >= 4 is 17.8 Å². The topological polar surface area (TPSA) is 87.7 Å². The third kappa shape index (κ3) is 5.08. The van der Waals surface area contributed by atoms with E-state index in [1.54, 1.807) is 11.0 Å². The van der Waals surface area contributed by atoms with Crippen molar-refractivity contribution in [1.82, 2.24) is 19.8 Å². The highest BCUT2D eigenvalue weighted by Gasteiger charge is 2.25. The quantitative estimate of drug-likeness (QED) is 0.869. The number of aromatic nitrogens is 2. The molecule has 1 atom stereocenters. The van der Waals surface area contributed by atoms with E-state index in [9.17, 15) is 9.59 Å². The van der Waals surface area contributed by atoms with Crippen LogP contribution in [0.5, 0.6) is 0 Å². The highest BCUT2D eigenvalue weighted by molar-refractivity contribution is 5.93. The van der Waals surface area contributed by atoms with Crippen LogP contribution in [0.2, 0.25) is 0 Å². The molecule has 2 aliphatic rings. The van der Waals surface area contributed by atoms with E-state index in [2.05, 4.69) is 22.2 Å². The van der Waals surface area contributed by atoms with Gasteiger partial charge in [0.05, 0.1) is 6.61 Å². The van der Waals surface area contributed by atoms with Gasteiger partial charge in [-0.25, -0.2) is 14.8 Å². The van der Waals surface area contributed by atoms with E-state index in [4.69, 9.17) is 4.74 Å². The Hall–Kier alpha value is -2.38. The number of hydrogen-bond acceptors (Lipinski definition) is 6. The average molecular weight is 375 g/mol. The third-order valence-electron chi connectivity index (χ3n) is 5.20. The fourth-order valence-corrected chi connectivity index (χ4v) is 3.72. The Morgan fingerprint density at radius 3 is 2.67 bits per heavy atom. The zero-order valence-corrected chi connectivity index (χ0v) is 16.2. The largest absolute Gasteiger partial charge is 0.450 e. The van der Waals surface area contributed by atoms with Gasteiger partial charge in [0.2, 0.25) is 0 Å². The number of piperidine rings is 2. The smallest absolute Gasteiger partial charge is 0.409 e. The van der Waals surface area contributed by atoms with Crippen LogP contribution >= 0.6 is 0 Å². The number of anilines is 1. The molecular formula is C19H29N5O3. The molecule has 0 aromatic carbocycles. The zero-order chi connectivity index (χ0) is 19.2. The van der Waals surface area contributed by atoms with Crippen LogP contribution in [0, 0.1) is 5.92 Å². The minimum absolute atomic E-state index is 0.0240. The molecule has 3 heterocycles. The van der Waals surface area contributed by atoms with Crippen LogP contribution in [0.25, 0.3) is 0 Å². The lowest BCUT2D eigenvalue weighted by molar-refractivity contribution is 0.0676. The first-order chi connectivity index (χ1) is 13.1. The van der Waals surface area contributed by atoms with E-state index >= 15 is 0 Å². The van der Waals surface area contributed by atoms with Crippen molar-refractivity contribution < 1.29 is 14.3 Å². The van der Waals surface area contributed by atoms with E-state index < -0.39 is 0 Å². The van der Waals surface area contributed by atoms with E-state index in [-0.39, 0.29) is 18.0 Å². The number of likely N-dealkylation sites (tertiary alicyclic amines) is 2. The maximum absolute atomic E-state index is 12.7. The van der Waals surface area contributed by atoms with E-state index in [1.807, 2.05) is 11.8 Å². The summed E-state index contributed by atoms with van der Waals surface area (Å²) in [6, 6.07) is 1.95. The molecule has 1 N–H and O–H groups in total. The van der Waals surface area contributed by atoms with Crippen molar-refractivity contribution in [2.45, 2.75) is 45.6 Å². The number of hydrogen-bond donors (Lipinski definition) is 1. The van der Waals surface area contributed by atoms with Gasteiger partial charge in [-0.3, -0.25) is 4.79 Å². The zero-order valence-electron chi connectivity index (χ0n) is 16.2. The molecule has 2 fully saturated rings. The lowest BCUT2D eigenvalue weighted by Gasteiger charge is -2.32. The summed E-state index contributed by atoms with van der Waals surface area (Å²) >= 11 is 0. The van der Waals surface area contributed by atoms with E-state index in [0.29, 0.717) is 37.1 Å². The van der Waals surface area contributed by atoms with Crippen LogP contribution in [0.3, 0.4) is 0 Å². The first-order valence-corrected chi connectivity index (χ1v) is 9.86. The molecule has 27 heavy (non-hydrogen) atoms. The molecule has 1 aromatic heterocycles. The molecule has 0 aliphatic carbocycles. The molecule has 2 aliphatic heterocycles. The van der Waals surface area contributed by atoms with Gasteiger partial charge in [0.15, 0.2) is 0 Å². The predicted octanol–water partition coefficient (Wildman–Crippen LogP) is 2.38. The molecule has 0 bridgehead atoms. The first-order valence-electron chi connectivity index (χ1n) is 9.86. The number of amides is 2. The molecule has 0 saturated carbocycles. The standard InChI is InChI=1S/C19H29N5O3/c1-3-27-19(26)23-9-6-15(7-10-23)22-17-11-16(20-13-21-17)18(25)24-8-4-5-14(2)12-24/h11,13-15H,3-10,12H2,1-2H3,(H,20,21,22). The number of nitrogens with zero attached hydrogens (tertiary/aromatic N) is 4. The Kier molecular flexibility index (Phi) is 6.47. The monoisotopic (exact) mass is 375 g/mol. The summed E-state index contributed by atoms with van der Waals surface area (Å²) < 4.78 is 5.05. The molecule has 2 saturated heterocycles. The van der Waals surface area contributed by atoms with Gasteiger partial charge in [0.25, 0.3) is 5.91 Å². The molecule has 8 heteroatoms. The SMILES string of the molecule is CCOC(=O)N1CCC(Nc2cc(C(=O)N3CCCC(C)C3)ncn2)CC1. The Labute approximate surface area is 160 Å². The molecule has 148 valence electrons. The van der Waals surface area contributed by atoms with Gasteiger partial charge < -0.3 is 19.9 Å². The number of nitrogens with one attached hydrogen (secondary N) is 1. The Bertz CT molecular complexity index is 661. The van der Waals surface area contributed by atoms with E-state index in [0.717, 1.165) is 32.4 Å². The number of carbonyl (C=O) groups excluding carboxylic acids is 2. The van der Waals surface area contributed by atoms with Crippen LogP contribution < -0.4 is 5.32 Å². The average Bonchev–Trinajstić information content (AvgIpc) is 2.68. The van der Waals surface area contributed by atoms with Crippen LogP contribution in [0.1, 0.15) is 50.0 Å². The molecule has 0 spiro atoms. The number of ether oxygens (including phenoxy) is 1. The lowest BCUT2D eigenvalue weighted by Crippen LogP contribution is -2.42. The lowest BCUT2D eigenvalue weighted by atomic mass is 10.00. The third-order valence-corrected chi connectivity index (χ3v) is 5.20. The molecule has 3 rings (SSSR count). The number of carbonyl (C=O) groups is 2. The highest BCUT2D eigenvalue weighted by Crippen LogP contribution is 2.19. The van der Waals surface area contributed by atoms with Gasteiger partial charge in [-0.1, -0.05) is 6.92 Å². The van der Waals surface area contributed by atoms with Crippen LogP contribution in [-0.4, -0.2) is 70.6 Å². The molecular weight excluding hydrogens is 346 g/mol. The summed E-state index contributed by atoms with van der Waals surface area (Å²) in [6.07, 6.45) is 5.04. The fourth-order valence-electron chi connectivity index (χ4n) is 3.72. The maximum atomic E-state index is 12.7. The molecule has 2 amide bonds. The van der Waals surface area contributed by atoms with Gasteiger partial charge in [0, 0.05) is 38.3 Å². The van der Waals surface area contributed by atoms with Gasteiger partial charge in [0.1, 0.15) is 17.8 Å².